The Kier molecular flexibility index (Phi) is 7.12. The van der Waals surface area contributed by atoms with E-state index in [0.29, 0.717) is 5.75 Å². The Hall–Kier alpha value is -2.54. The van der Waals surface area contributed by atoms with Crippen LogP contribution >= 0.6 is 0 Å². The summed E-state index contributed by atoms with van der Waals surface area (Å²) in [4.78, 5) is 0. The molecule has 1 aliphatic carbocycles. The quantitative estimate of drug-likeness (QED) is 0.259. The van der Waals surface area contributed by atoms with E-state index >= 15 is 0 Å². The lowest BCUT2D eigenvalue weighted by atomic mass is 9.86. The minimum absolute atomic E-state index is 0.435. The van der Waals surface area contributed by atoms with Gasteiger partial charge in [0.15, 0.2) is 0 Å². The van der Waals surface area contributed by atoms with Gasteiger partial charge in [-0.2, -0.15) is 0 Å². The molecule has 1 N–H and O–H groups in total. The van der Waals surface area contributed by atoms with Gasteiger partial charge in [0.1, 0.15) is 5.75 Å². The Morgan fingerprint density at radius 1 is 0.677 bits per heavy atom. The van der Waals surface area contributed by atoms with Gasteiger partial charge in [0.2, 0.25) is 0 Å². The number of hydrogen-bond acceptors (Lipinski definition) is 1. The molecule has 0 amide bonds. The first kappa shape index (κ1) is 21.7. The molecule has 0 bridgehead atoms. The van der Waals surface area contributed by atoms with Crippen molar-refractivity contribution in [1.29, 1.82) is 0 Å². The predicted molar refractivity (Wildman–Crippen MR) is 133 cm³/mol. The summed E-state index contributed by atoms with van der Waals surface area (Å²) < 4.78 is 0. The van der Waals surface area contributed by atoms with Gasteiger partial charge < -0.3 is 5.11 Å². The molecule has 0 radical (unpaired) electrons. The van der Waals surface area contributed by atoms with E-state index in [9.17, 15) is 5.11 Å². The summed E-state index contributed by atoms with van der Waals surface area (Å²) in [6, 6.07) is 19.4. The lowest BCUT2D eigenvalue weighted by molar-refractivity contribution is 0.476. The number of benzene rings is 3. The molecule has 3 aromatic rings. The van der Waals surface area contributed by atoms with E-state index < -0.39 is 0 Å². The summed E-state index contributed by atoms with van der Waals surface area (Å²) in [6.45, 7) is 4.52. The largest absolute Gasteiger partial charge is 0.507 e. The van der Waals surface area contributed by atoms with Gasteiger partial charge in [0.25, 0.3) is 0 Å². The molecule has 0 fully saturated rings. The van der Waals surface area contributed by atoms with Crippen molar-refractivity contribution in [2.24, 2.45) is 0 Å². The maximum atomic E-state index is 11.1. The number of phenols is 1. The highest BCUT2D eigenvalue weighted by atomic mass is 16.3. The molecule has 0 atom stereocenters. The predicted octanol–water partition coefficient (Wildman–Crippen LogP) is 8.49. The summed E-state index contributed by atoms with van der Waals surface area (Å²) in [5, 5.41) is 11.1. The highest BCUT2D eigenvalue weighted by Crippen LogP contribution is 2.45. The molecular formula is C30H36O. The lowest BCUT2D eigenvalue weighted by Gasteiger charge is -2.19. The highest BCUT2D eigenvalue weighted by Gasteiger charge is 2.24. The fraction of sp³-hybridized carbons (Fsp3) is 0.400. The van der Waals surface area contributed by atoms with Crippen LogP contribution in [-0.2, 0) is 19.3 Å². The number of unbranched alkanes of at least 4 members (excludes halogenated alkanes) is 5. The average molecular weight is 413 g/mol. The van der Waals surface area contributed by atoms with E-state index in [1.807, 2.05) is 6.07 Å². The van der Waals surface area contributed by atoms with Crippen molar-refractivity contribution in [3.8, 4) is 28.0 Å². The number of rotatable bonds is 10. The van der Waals surface area contributed by atoms with Crippen molar-refractivity contribution < 1.29 is 5.11 Å². The van der Waals surface area contributed by atoms with Crippen molar-refractivity contribution in [3.63, 3.8) is 0 Å². The third-order valence-corrected chi connectivity index (χ3v) is 6.81. The van der Waals surface area contributed by atoms with Gasteiger partial charge in [-0.3, -0.25) is 0 Å². The molecule has 1 aliphatic rings. The Labute approximate surface area is 188 Å². The van der Waals surface area contributed by atoms with Crippen LogP contribution in [0.4, 0.5) is 0 Å². The van der Waals surface area contributed by atoms with E-state index in [1.165, 1.54) is 77.5 Å². The summed E-state index contributed by atoms with van der Waals surface area (Å²) in [7, 11) is 0. The molecule has 3 aromatic carbocycles. The third-order valence-electron chi connectivity index (χ3n) is 6.81. The second-order valence-electron chi connectivity index (χ2n) is 9.03. The second-order valence-corrected chi connectivity index (χ2v) is 9.03. The number of phenolic OH excluding ortho intramolecular Hbond substituents is 1. The minimum atomic E-state index is 0.435. The molecule has 1 heteroatoms. The first-order valence-electron chi connectivity index (χ1n) is 12.3. The van der Waals surface area contributed by atoms with Gasteiger partial charge in [-0.25, -0.2) is 0 Å². The fourth-order valence-electron chi connectivity index (χ4n) is 5.24. The fourth-order valence-corrected chi connectivity index (χ4v) is 5.24. The monoisotopic (exact) mass is 412 g/mol. The molecule has 0 aliphatic heterocycles. The molecule has 162 valence electrons. The summed E-state index contributed by atoms with van der Waals surface area (Å²) in [6.07, 6.45) is 12.0. The summed E-state index contributed by atoms with van der Waals surface area (Å²) >= 11 is 0. The molecule has 0 saturated heterocycles. The van der Waals surface area contributed by atoms with Crippen LogP contribution in [0.15, 0.2) is 54.6 Å². The summed E-state index contributed by atoms with van der Waals surface area (Å²) in [5.74, 6) is 0.435. The van der Waals surface area contributed by atoms with Gasteiger partial charge in [0, 0.05) is 5.56 Å². The van der Waals surface area contributed by atoms with Crippen LogP contribution in [-0.4, -0.2) is 5.11 Å². The van der Waals surface area contributed by atoms with Gasteiger partial charge in [-0.15, -0.1) is 0 Å². The van der Waals surface area contributed by atoms with Gasteiger partial charge >= 0.3 is 0 Å². The number of aromatic hydroxyl groups is 1. The number of aryl methyl sites for hydroxylation is 1. The molecule has 1 nitrogen and oxygen atoms in total. The van der Waals surface area contributed by atoms with Crippen molar-refractivity contribution in [1.82, 2.24) is 0 Å². The van der Waals surface area contributed by atoms with Crippen molar-refractivity contribution in [2.75, 3.05) is 0 Å². The second kappa shape index (κ2) is 10.2. The van der Waals surface area contributed by atoms with E-state index in [4.69, 9.17) is 0 Å². The smallest absolute Gasteiger partial charge is 0.123 e. The van der Waals surface area contributed by atoms with Crippen LogP contribution < -0.4 is 0 Å². The number of hydrogen-bond donors (Lipinski definition) is 1. The zero-order valence-electron chi connectivity index (χ0n) is 19.2. The normalized spacial score (nSPS) is 12.1. The van der Waals surface area contributed by atoms with Crippen LogP contribution in [0.3, 0.4) is 0 Å². The van der Waals surface area contributed by atoms with Crippen LogP contribution in [0.25, 0.3) is 22.3 Å². The first-order chi connectivity index (χ1) is 15.2. The van der Waals surface area contributed by atoms with Crippen LogP contribution in [0.5, 0.6) is 5.75 Å². The van der Waals surface area contributed by atoms with Gasteiger partial charge in [-0.05, 0) is 70.7 Å². The maximum absolute atomic E-state index is 11.1. The molecule has 0 aromatic heterocycles. The Morgan fingerprint density at radius 2 is 1.42 bits per heavy atom. The lowest BCUT2D eigenvalue weighted by Crippen LogP contribution is -2.01. The molecule has 0 unspecified atom stereocenters. The SMILES string of the molecule is CCCCCCCCc1c(CCC)ccc(O)c1-c1cccc2c1Cc1ccccc1-2. The Bertz CT molecular complexity index is 1030. The van der Waals surface area contributed by atoms with E-state index in [1.54, 1.807) is 0 Å². The van der Waals surface area contributed by atoms with Crippen LogP contribution in [0.2, 0.25) is 0 Å². The van der Waals surface area contributed by atoms with E-state index in [0.717, 1.165) is 31.2 Å². The highest BCUT2D eigenvalue weighted by molar-refractivity contribution is 5.87. The van der Waals surface area contributed by atoms with E-state index in [-0.39, 0.29) is 0 Å². The topological polar surface area (TPSA) is 20.2 Å². The average Bonchev–Trinajstić information content (AvgIpc) is 3.17. The zero-order valence-corrected chi connectivity index (χ0v) is 19.2. The van der Waals surface area contributed by atoms with Crippen molar-refractivity contribution in [3.05, 3.63) is 76.9 Å². The molecular weight excluding hydrogens is 376 g/mol. The Morgan fingerprint density at radius 3 is 2.26 bits per heavy atom. The van der Waals surface area contributed by atoms with Crippen molar-refractivity contribution >= 4 is 0 Å². The standard InChI is InChI=1S/C30H36O/c1-3-5-6-7-8-9-16-25-22(13-4-2)19-20-29(31)30(25)27-18-12-17-26-24-15-11-10-14-23(24)21-28(26)27/h10-12,14-15,17-20,31H,3-9,13,16,21H2,1-2H3. The van der Waals surface area contributed by atoms with E-state index in [2.05, 4.69) is 62.4 Å². The molecule has 31 heavy (non-hydrogen) atoms. The molecule has 0 heterocycles. The minimum Gasteiger partial charge on any atom is -0.507 e. The molecule has 4 rings (SSSR count). The summed E-state index contributed by atoms with van der Waals surface area (Å²) in [5.41, 5.74) is 10.6. The van der Waals surface area contributed by atoms with Crippen molar-refractivity contribution in [2.45, 2.75) is 78.1 Å². The molecule has 0 saturated carbocycles. The van der Waals surface area contributed by atoms with Crippen LogP contribution in [0.1, 0.15) is 81.0 Å². The first-order valence-corrected chi connectivity index (χ1v) is 12.3. The number of fused-ring (bicyclic) bond motifs is 3. The van der Waals surface area contributed by atoms with Gasteiger partial charge in [-0.1, -0.05) is 101 Å². The Balaban J connectivity index is 1.71. The maximum Gasteiger partial charge on any atom is 0.123 e. The zero-order chi connectivity index (χ0) is 21.6. The third kappa shape index (κ3) is 4.56. The molecule has 0 spiro atoms. The van der Waals surface area contributed by atoms with Crippen LogP contribution in [0, 0.1) is 0 Å². The van der Waals surface area contributed by atoms with Gasteiger partial charge in [0.05, 0.1) is 0 Å².